The molecule has 0 aliphatic rings. The van der Waals surface area contributed by atoms with Crippen LogP contribution in [0.1, 0.15) is 12.6 Å². The van der Waals surface area contributed by atoms with Crippen molar-refractivity contribution >= 4 is 9.84 Å². The van der Waals surface area contributed by atoms with Gasteiger partial charge in [-0.2, -0.15) is 5.10 Å². The summed E-state index contributed by atoms with van der Waals surface area (Å²) in [6, 6.07) is 5.06. The van der Waals surface area contributed by atoms with E-state index >= 15 is 0 Å². The first-order valence-corrected chi connectivity index (χ1v) is 7.28. The number of aryl methyl sites for hydroxylation is 2. The van der Waals surface area contributed by atoms with Gasteiger partial charge in [0.15, 0.2) is 14.9 Å². The highest BCUT2D eigenvalue weighted by molar-refractivity contribution is 7.91. The first kappa shape index (κ1) is 12.7. The highest BCUT2D eigenvalue weighted by Crippen LogP contribution is 2.09. The fourth-order valence-electron chi connectivity index (χ4n) is 1.49. The SMILES string of the molecule is CCc1cccc(S(=O)(=O)CCn2cncn2)n1. The lowest BCUT2D eigenvalue weighted by Crippen LogP contribution is -2.15. The molecule has 2 heterocycles. The molecule has 7 heteroatoms. The Morgan fingerprint density at radius 2 is 2.17 bits per heavy atom. The molecule has 0 aromatic carbocycles. The van der Waals surface area contributed by atoms with Crippen LogP contribution in [-0.2, 0) is 22.8 Å². The summed E-state index contributed by atoms with van der Waals surface area (Å²) in [5, 5.41) is 3.99. The third-order valence-corrected chi connectivity index (χ3v) is 4.10. The highest BCUT2D eigenvalue weighted by Gasteiger charge is 2.16. The maximum atomic E-state index is 12.1. The van der Waals surface area contributed by atoms with Gasteiger partial charge in [0.25, 0.3) is 0 Å². The van der Waals surface area contributed by atoms with Gasteiger partial charge in [0.2, 0.25) is 0 Å². The van der Waals surface area contributed by atoms with Crippen molar-refractivity contribution in [1.82, 2.24) is 19.7 Å². The van der Waals surface area contributed by atoms with Crippen molar-refractivity contribution < 1.29 is 8.42 Å². The van der Waals surface area contributed by atoms with Crippen molar-refractivity contribution in [3.8, 4) is 0 Å². The summed E-state index contributed by atoms with van der Waals surface area (Å²) in [7, 11) is -3.37. The Hall–Kier alpha value is -1.76. The molecule has 2 aromatic rings. The molecule has 0 aliphatic carbocycles. The maximum Gasteiger partial charge on any atom is 0.197 e. The van der Waals surface area contributed by atoms with Gasteiger partial charge in [-0.3, -0.25) is 4.68 Å². The quantitative estimate of drug-likeness (QED) is 0.796. The zero-order chi connectivity index (χ0) is 13.0. The van der Waals surface area contributed by atoms with Crippen LogP contribution in [0.5, 0.6) is 0 Å². The van der Waals surface area contributed by atoms with Gasteiger partial charge in [0, 0.05) is 5.69 Å². The molecule has 0 atom stereocenters. The molecule has 0 fully saturated rings. The molecule has 2 aromatic heterocycles. The minimum absolute atomic E-state index is 0.0312. The van der Waals surface area contributed by atoms with E-state index in [1.54, 1.807) is 6.07 Å². The Kier molecular flexibility index (Phi) is 3.71. The van der Waals surface area contributed by atoms with Gasteiger partial charge in [-0.05, 0) is 18.6 Å². The number of pyridine rings is 1. The van der Waals surface area contributed by atoms with Gasteiger partial charge < -0.3 is 0 Å². The number of rotatable bonds is 5. The maximum absolute atomic E-state index is 12.1. The van der Waals surface area contributed by atoms with E-state index in [1.807, 2.05) is 13.0 Å². The van der Waals surface area contributed by atoms with Gasteiger partial charge in [-0.25, -0.2) is 18.4 Å². The molecule has 0 amide bonds. The summed E-state index contributed by atoms with van der Waals surface area (Å²) < 4.78 is 25.6. The van der Waals surface area contributed by atoms with Crippen LogP contribution in [0.2, 0.25) is 0 Å². The predicted molar refractivity (Wildman–Crippen MR) is 65.7 cm³/mol. The van der Waals surface area contributed by atoms with Crippen molar-refractivity contribution in [3.63, 3.8) is 0 Å². The van der Waals surface area contributed by atoms with Gasteiger partial charge >= 0.3 is 0 Å². The normalized spacial score (nSPS) is 11.6. The summed E-state index contributed by atoms with van der Waals surface area (Å²) in [6.45, 7) is 2.22. The molecule has 0 saturated carbocycles. The standard InChI is InChI=1S/C11H14N4O2S/c1-2-10-4-3-5-11(14-10)18(16,17)7-6-15-9-12-8-13-15/h3-5,8-9H,2,6-7H2,1H3. The van der Waals surface area contributed by atoms with E-state index in [0.717, 1.165) is 5.69 Å². The first-order valence-electron chi connectivity index (χ1n) is 5.63. The van der Waals surface area contributed by atoms with Crippen LogP contribution in [0.15, 0.2) is 35.9 Å². The largest absolute Gasteiger partial charge is 0.252 e. The second-order valence-corrected chi connectivity index (χ2v) is 5.85. The number of aromatic nitrogens is 4. The summed E-state index contributed by atoms with van der Waals surface area (Å²) in [5.41, 5.74) is 0.775. The lowest BCUT2D eigenvalue weighted by Gasteiger charge is -2.05. The second kappa shape index (κ2) is 5.26. The molecular weight excluding hydrogens is 252 g/mol. The second-order valence-electron chi connectivity index (χ2n) is 3.80. The van der Waals surface area contributed by atoms with Crippen LogP contribution in [0, 0.1) is 0 Å². The Morgan fingerprint density at radius 1 is 1.33 bits per heavy atom. The van der Waals surface area contributed by atoms with Crippen molar-refractivity contribution in [3.05, 3.63) is 36.5 Å². The van der Waals surface area contributed by atoms with E-state index in [0.29, 0.717) is 6.42 Å². The molecule has 0 unspecified atom stereocenters. The Balaban J connectivity index is 2.14. The minimum Gasteiger partial charge on any atom is -0.252 e. The van der Waals surface area contributed by atoms with Crippen molar-refractivity contribution in [2.45, 2.75) is 24.9 Å². The van der Waals surface area contributed by atoms with Crippen LogP contribution in [-0.4, -0.2) is 33.9 Å². The highest BCUT2D eigenvalue weighted by atomic mass is 32.2. The molecule has 2 rings (SSSR count). The summed E-state index contributed by atoms with van der Waals surface area (Å²) >= 11 is 0. The molecule has 0 saturated heterocycles. The minimum atomic E-state index is -3.37. The number of hydrogen-bond acceptors (Lipinski definition) is 5. The van der Waals surface area contributed by atoms with Gasteiger partial charge in [-0.1, -0.05) is 13.0 Å². The van der Waals surface area contributed by atoms with Crippen molar-refractivity contribution in [2.75, 3.05) is 5.75 Å². The fourth-order valence-corrected chi connectivity index (χ4v) is 2.67. The van der Waals surface area contributed by atoms with Crippen molar-refractivity contribution in [2.24, 2.45) is 0 Å². The molecule has 0 N–H and O–H groups in total. The van der Waals surface area contributed by atoms with Crippen molar-refractivity contribution in [1.29, 1.82) is 0 Å². The average molecular weight is 266 g/mol. The smallest absolute Gasteiger partial charge is 0.197 e. The van der Waals surface area contributed by atoms with Crippen LogP contribution in [0.3, 0.4) is 0 Å². The third-order valence-electron chi connectivity index (χ3n) is 2.52. The van der Waals surface area contributed by atoms with Crippen LogP contribution in [0.4, 0.5) is 0 Å². The average Bonchev–Trinajstić information content (AvgIpc) is 2.90. The fraction of sp³-hybridized carbons (Fsp3) is 0.364. The van der Waals surface area contributed by atoms with Gasteiger partial charge in [-0.15, -0.1) is 0 Å². The monoisotopic (exact) mass is 266 g/mol. The van der Waals surface area contributed by atoms with Crippen LogP contribution in [0.25, 0.3) is 0 Å². The Labute approximate surface area is 106 Å². The lowest BCUT2D eigenvalue weighted by molar-refractivity contribution is 0.576. The van der Waals surface area contributed by atoms with E-state index in [9.17, 15) is 8.42 Å². The molecule has 18 heavy (non-hydrogen) atoms. The first-order chi connectivity index (χ1) is 8.62. The van der Waals surface area contributed by atoms with Crippen LogP contribution >= 0.6 is 0 Å². The van der Waals surface area contributed by atoms with Crippen LogP contribution < -0.4 is 0 Å². The number of hydrogen-bond donors (Lipinski definition) is 0. The lowest BCUT2D eigenvalue weighted by atomic mass is 10.3. The zero-order valence-corrected chi connectivity index (χ0v) is 10.8. The Bertz CT molecular complexity index is 608. The van der Waals surface area contributed by atoms with E-state index in [1.165, 1.54) is 23.4 Å². The third kappa shape index (κ3) is 2.92. The molecule has 0 aliphatic heterocycles. The molecule has 0 spiro atoms. The van der Waals surface area contributed by atoms with E-state index in [2.05, 4.69) is 15.1 Å². The summed E-state index contributed by atoms with van der Waals surface area (Å²) in [6.07, 6.45) is 3.58. The van der Waals surface area contributed by atoms with E-state index < -0.39 is 9.84 Å². The summed E-state index contributed by atoms with van der Waals surface area (Å²) in [5.74, 6) is -0.0312. The molecular formula is C11H14N4O2S. The Morgan fingerprint density at radius 3 is 2.83 bits per heavy atom. The molecule has 96 valence electrons. The van der Waals surface area contributed by atoms with E-state index in [4.69, 9.17) is 0 Å². The zero-order valence-electron chi connectivity index (χ0n) is 10.0. The van der Waals surface area contributed by atoms with Gasteiger partial charge in [0.1, 0.15) is 12.7 Å². The number of sulfone groups is 1. The molecule has 0 radical (unpaired) electrons. The summed E-state index contributed by atoms with van der Waals surface area (Å²) in [4.78, 5) is 7.89. The van der Waals surface area contributed by atoms with E-state index in [-0.39, 0.29) is 17.3 Å². The molecule has 0 bridgehead atoms. The number of nitrogens with zero attached hydrogens (tertiary/aromatic N) is 4. The topological polar surface area (TPSA) is 77.7 Å². The van der Waals surface area contributed by atoms with Gasteiger partial charge in [0.05, 0.1) is 12.3 Å². The predicted octanol–water partition coefficient (Wildman–Crippen LogP) is 0.709. The molecule has 6 nitrogen and oxygen atoms in total.